The summed E-state index contributed by atoms with van der Waals surface area (Å²) in [5.74, 6) is 0.730. The number of nitrogens with one attached hydrogen (secondary N) is 1. The minimum atomic E-state index is 0.217. The molecule has 1 heterocycles. The van der Waals surface area contributed by atoms with E-state index in [1.54, 1.807) is 0 Å². The first-order valence-electron chi connectivity index (χ1n) is 7.61. The van der Waals surface area contributed by atoms with Crippen LogP contribution in [0.2, 0.25) is 0 Å². The van der Waals surface area contributed by atoms with E-state index in [1.807, 2.05) is 0 Å². The molecule has 1 unspecified atom stereocenters. The summed E-state index contributed by atoms with van der Waals surface area (Å²) in [7, 11) is 0. The van der Waals surface area contributed by atoms with Crippen molar-refractivity contribution in [1.82, 2.24) is 5.48 Å². The van der Waals surface area contributed by atoms with Crippen LogP contribution in [0.25, 0.3) is 5.70 Å². The monoisotopic (exact) mass is 257 g/mol. The average Bonchev–Trinajstić information content (AvgIpc) is 2.97. The third kappa shape index (κ3) is 2.69. The highest BCUT2D eigenvalue weighted by atomic mass is 16.7. The van der Waals surface area contributed by atoms with Gasteiger partial charge in [-0.2, -0.15) is 0 Å². The van der Waals surface area contributed by atoms with E-state index in [1.165, 1.54) is 43.2 Å². The number of hydrogen-bond acceptors (Lipinski definition) is 2. The standard InChI is InChI=1S/C17H23NO/c1-2-14-12-17(18-19-14)16-11-7-6-10-15(16)13-8-4-3-5-9-13/h6-7,10-14,18H,2-5,8-9H2,1H3. The van der Waals surface area contributed by atoms with Gasteiger partial charge in [-0.05, 0) is 36.8 Å². The van der Waals surface area contributed by atoms with E-state index in [4.69, 9.17) is 4.84 Å². The predicted molar refractivity (Wildman–Crippen MR) is 78.5 cm³/mol. The maximum Gasteiger partial charge on any atom is 0.106 e. The van der Waals surface area contributed by atoms with E-state index in [2.05, 4.69) is 42.7 Å². The average molecular weight is 257 g/mol. The van der Waals surface area contributed by atoms with Crippen LogP contribution in [-0.2, 0) is 4.84 Å². The van der Waals surface area contributed by atoms with Gasteiger partial charge in [-0.1, -0.05) is 50.5 Å². The van der Waals surface area contributed by atoms with Crippen LogP contribution in [-0.4, -0.2) is 6.10 Å². The van der Waals surface area contributed by atoms with Crippen LogP contribution in [0.3, 0.4) is 0 Å². The zero-order valence-electron chi connectivity index (χ0n) is 11.7. The van der Waals surface area contributed by atoms with Gasteiger partial charge >= 0.3 is 0 Å². The summed E-state index contributed by atoms with van der Waals surface area (Å²) in [5, 5.41) is 0. The quantitative estimate of drug-likeness (QED) is 0.867. The summed E-state index contributed by atoms with van der Waals surface area (Å²) >= 11 is 0. The summed E-state index contributed by atoms with van der Waals surface area (Å²) < 4.78 is 0. The van der Waals surface area contributed by atoms with Crippen molar-refractivity contribution in [2.45, 2.75) is 57.5 Å². The molecule has 1 aromatic carbocycles. The van der Waals surface area contributed by atoms with Crippen molar-refractivity contribution in [1.29, 1.82) is 0 Å². The summed E-state index contributed by atoms with van der Waals surface area (Å²) in [6, 6.07) is 8.82. The van der Waals surface area contributed by atoms with Crippen LogP contribution in [0.4, 0.5) is 0 Å². The summed E-state index contributed by atoms with van der Waals surface area (Å²) in [5.41, 5.74) is 7.11. The zero-order valence-corrected chi connectivity index (χ0v) is 11.7. The third-order valence-electron chi connectivity index (χ3n) is 4.37. The number of hydrogen-bond donors (Lipinski definition) is 1. The van der Waals surface area contributed by atoms with Crippen molar-refractivity contribution >= 4 is 5.70 Å². The molecule has 1 aromatic rings. The van der Waals surface area contributed by atoms with Crippen molar-refractivity contribution in [3.8, 4) is 0 Å². The van der Waals surface area contributed by atoms with E-state index < -0.39 is 0 Å². The fourth-order valence-corrected chi connectivity index (χ4v) is 3.25. The van der Waals surface area contributed by atoms with E-state index in [0.29, 0.717) is 0 Å². The highest BCUT2D eigenvalue weighted by Gasteiger charge is 2.22. The molecule has 2 nitrogen and oxygen atoms in total. The van der Waals surface area contributed by atoms with Crippen LogP contribution >= 0.6 is 0 Å². The molecule has 2 heteroatoms. The number of hydroxylamine groups is 1. The van der Waals surface area contributed by atoms with Crippen molar-refractivity contribution in [2.24, 2.45) is 0 Å². The van der Waals surface area contributed by atoms with E-state index in [0.717, 1.165) is 18.0 Å². The molecule has 2 aliphatic rings. The minimum absolute atomic E-state index is 0.217. The first-order chi connectivity index (χ1) is 9.38. The van der Waals surface area contributed by atoms with Gasteiger partial charge in [0.2, 0.25) is 0 Å². The molecule has 19 heavy (non-hydrogen) atoms. The van der Waals surface area contributed by atoms with Gasteiger partial charge < -0.3 is 0 Å². The topological polar surface area (TPSA) is 21.3 Å². The van der Waals surface area contributed by atoms with E-state index in [-0.39, 0.29) is 6.10 Å². The summed E-state index contributed by atoms with van der Waals surface area (Å²) in [6.07, 6.45) is 10.3. The molecule has 0 amide bonds. The lowest BCUT2D eigenvalue weighted by Gasteiger charge is -2.24. The van der Waals surface area contributed by atoms with Crippen LogP contribution in [0.5, 0.6) is 0 Å². The predicted octanol–water partition coefficient (Wildman–Crippen LogP) is 4.39. The van der Waals surface area contributed by atoms with E-state index >= 15 is 0 Å². The molecule has 0 bridgehead atoms. The SMILES string of the molecule is CCC1C=C(c2ccccc2C2CCCCC2)NO1. The highest BCUT2D eigenvalue weighted by molar-refractivity contribution is 5.68. The Morgan fingerprint density at radius 1 is 1.16 bits per heavy atom. The zero-order chi connectivity index (χ0) is 13.1. The molecule has 1 N–H and O–H groups in total. The van der Waals surface area contributed by atoms with Gasteiger partial charge in [-0.15, -0.1) is 0 Å². The van der Waals surface area contributed by atoms with Crippen LogP contribution in [0.15, 0.2) is 30.3 Å². The Morgan fingerprint density at radius 3 is 2.68 bits per heavy atom. The molecule has 1 aliphatic heterocycles. The smallest absolute Gasteiger partial charge is 0.106 e. The third-order valence-corrected chi connectivity index (χ3v) is 4.37. The Bertz CT molecular complexity index is 460. The van der Waals surface area contributed by atoms with E-state index in [9.17, 15) is 0 Å². The molecule has 1 aliphatic carbocycles. The molecule has 1 saturated carbocycles. The minimum Gasteiger partial charge on any atom is -0.269 e. The second kappa shape index (κ2) is 5.79. The Balaban J connectivity index is 1.89. The fourth-order valence-electron chi connectivity index (χ4n) is 3.25. The van der Waals surface area contributed by atoms with Crippen molar-refractivity contribution in [3.63, 3.8) is 0 Å². The number of benzene rings is 1. The second-order valence-corrected chi connectivity index (χ2v) is 5.67. The fraction of sp³-hybridized carbons (Fsp3) is 0.529. The molecule has 1 fully saturated rings. The molecule has 1 atom stereocenters. The van der Waals surface area contributed by atoms with Crippen LogP contribution in [0.1, 0.15) is 62.5 Å². The Morgan fingerprint density at radius 2 is 1.95 bits per heavy atom. The van der Waals surface area contributed by atoms with Gasteiger partial charge in [0.15, 0.2) is 0 Å². The van der Waals surface area contributed by atoms with Gasteiger partial charge in [0.25, 0.3) is 0 Å². The Hall–Kier alpha value is -1.28. The van der Waals surface area contributed by atoms with Crippen LogP contribution in [0, 0.1) is 0 Å². The first kappa shape index (κ1) is 12.7. The molecule has 0 radical (unpaired) electrons. The molecule has 0 spiro atoms. The van der Waals surface area contributed by atoms with Gasteiger partial charge in [0.1, 0.15) is 6.10 Å². The van der Waals surface area contributed by atoms with Crippen molar-refractivity contribution in [3.05, 3.63) is 41.5 Å². The first-order valence-corrected chi connectivity index (χ1v) is 7.61. The molecule has 0 aromatic heterocycles. The summed E-state index contributed by atoms with van der Waals surface area (Å²) in [4.78, 5) is 5.57. The second-order valence-electron chi connectivity index (χ2n) is 5.67. The van der Waals surface area contributed by atoms with Gasteiger partial charge in [0.05, 0.1) is 5.70 Å². The molecule has 3 rings (SSSR count). The lowest BCUT2D eigenvalue weighted by Crippen LogP contribution is -2.13. The Kier molecular flexibility index (Phi) is 3.88. The largest absolute Gasteiger partial charge is 0.269 e. The lowest BCUT2D eigenvalue weighted by atomic mass is 9.81. The highest BCUT2D eigenvalue weighted by Crippen LogP contribution is 2.36. The molecular formula is C17H23NO. The van der Waals surface area contributed by atoms with Gasteiger partial charge in [0, 0.05) is 5.56 Å². The molecule has 102 valence electrons. The lowest BCUT2D eigenvalue weighted by molar-refractivity contribution is 0.0496. The number of rotatable bonds is 3. The van der Waals surface area contributed by atoms with Gasteiger partial charge in [-0.25, -0.2) is 0 Å². The molecule has 0 saturated heterocycles. The van der Waals surface area contributed by atoms with Crippen molar-refractivity contribution in [2.75, 3.05) is 0 Å². The normalized spacial score (nSPS) is 24.1. The van der Waals surface area contributed by atoms with Gasteiger partial charge in [-0.3, -0.25) is 10.3 Å². The Labute approximate surface area is 115 Å². The van der Waals surface area contributed by atoms with Crippen molar-refractivity contribution < 1.29 is 4.84 Å². The maximum atomic E-state index is 5.57. The molecular weight excluding hydrogens is 234 g/mol. The maximum absolute atomic E-state index is 5.57. The van der Waals surface area contributed by atoms with Crippen LogP contribution < -0.4 is 5.48 Å². The summed E-state index contributed by atoms with van der Waals surface area (Å²) in [6.45, 7) is 2.15.